The lowest BCUT2D eigenvalue weighted by atomic mass is 10.2. The molecule has 1 aromatic carbocycles. The van der Waals surface area contributed by atoms with E-state index in [1.165, 1.54) is 0 Å². The van der Waals surface area contributed by atoms with Crippen LogP contribution < -0.4 is 15.8 Å². The molecule has 1 atom stereocenters. The number of ether oxygens (including phenoxy) is 1. The lowest BCUT2D eigenvalue weighted by molar-refractivity contribution is -0.127. The lowest BCUT2D eigenvalue weighted by Gasteiger charge is -2.16. The zero-order valence-electron chi connectivity index (χ0n) is 9.69. The molecule has 0 aliphatic heterocycles. The van der Waals surface area contributed by atoms with Gasteiger partial charge in [-0.25, -0.2) is 0 Å². The summed E-state index contributed by atoms with van der Waals surface area (Å²) in [5, 5.41) is 2.71. The Labute approximate surface area is 95.8 Å². The highest BCUT2D eigenvalue weighted by molar-refractivity contribution is 5.80. The number of carbonyl (C=O) groups is 1. The topological polar surface area (TPSA) is 64.3 Å². The van der Waals surface area contributed by atoms with Gasteiger partial charge in [0.1, 0.15) is 5.75 Å². The maximum atomic E-state index is 11.5. The van der Waals surface area contributed by atoms with Crippen LogP contribution in [0.3, 0.4) is 0 Å². The van der Waals surface area contributed by atoms with E-state index in [1.54, 1.807) is 6.92 Å². The van der Waals surface area contributed by atoms with Gasteiger partial charge in [-0.3, -0.25) is 4.79 Å². The predicted molar refractivity (Wildman–Crippen MR) is 63.1 cm³/mol. The van der Waals surface area contributed by atoms with Crippen molar-refractivity contribution < 1.29 is 9.53 Å². The van der Waals surface area contributed by atoms with Crippen LogP contribution in [-0.2, 0) is 11.3 Å². The molecule has 4 nitrogen and oxygen atoms in total. The summed E-state index contributed by atoms with van der Waals surface area (Å²) in [4.78, 5) is 11.5. The molecule has 1 unspecified atom stereocenters. The SMILES string of the molecule is CCNC(=O)C(C)Oc1ccccc1CN. The molecule has 16 heavy (non-hydrogen) atoms. The van der Waals surface area contributed by atoms with Crippen LogP contribution in [0.15, 0.2) is 24.3 Å². The Hall–Kier alpha value is -1.55. The number of rotatable bonds is 5. The quantitative estimate of drug-likeness (QED) is 0.782. The van der Waals surface area contributed by atoms with Crippen molar-refractivity contribution in [2.24, 2.45) is 5.73 Å². The van der Waals surface area contributed by atoms with Gasteiger partial charge in [-0.2, -0.15) is 0 Å². The standard InChI is InChI=1S/C12H18N2O2/c1-3-14-12(15)9(2)16-11-7-5-4-6-10(11)8-13/h4-7,9H,3,8,13H2,1-2H3,(H,14,15). The van der Waals surface area contributed by atoms with Crippen LogP contribution in [0.25, 0.3) is 0 Å². The number of hydrogen-bond acceptors (Lipinski definition) is 3. The van der Waals surface area contributed by atoms with Gasteiger partial charge in [0, 0.05) is 18.7 Å². The number of amides is 1. The Kier molecular flexibility index (Phi) is 4.79. The zero-order chi connectivity index (χ0) is 12.0. The van der Waals surface area contributed by atoms with E-state index in [1.807, 2.05) is 31.2 Å². The number of likely N-dealkylation sites (N-methyl/N-ethyl adjacent to an activating group) is 1. The Bertz CT molecular complexity index is 353. The van der Waals surface area contributed by atoms with Gasteiger partial charge < -0.3 is 15.8 Å². The fourth-order valence-corrected chi connectivity index (χ4v) is 1.35. The molecule has 0 radical (unpaired) electrons. The molecule has 0 aliphatic rings. The molecular formula is C12H18N2O2. The molecule has 1 aromatic rings. The minimum absolute atomic E-state index is 0.116. The van der Waals surface area contributed by atoms with Crippen molar-refractivity contribution in [3.8, 4) is 5.75 Å². The maximum absolute atomic E-state index is 11.5. The Balaban J connectivity index is 2.68. The normalized spacial score (nSPS) is 11.9. The minimum atomic E-state index is -0.507. The van der Waals surface area contributed by atoms with Crippen molar-refractivity contribution in [3.63, 3.8) is 0 Å². The van der Waals surface area contributed by atoms with Crippen LogP contribution >= 0.6 is 0 Å². The van der Waals surface area contributed by atoms with E-state index in [-0.39, 0.29) is 5.91 Å². The molecule has 0 fully saturated rings. The molecule has 0 saturated heterocycles. The van der Waals surface area contributed by atoms with Gasteiger partial charge in [0.2, 0.25) is 0 Å². The van der Waals surface area contributed by atoms with Gasteiger partial charge in [0.25, 0.3) is 5.91 Å². The van der Waals surface area contributed by atoms with Gasteiger partial charge in [-0.05, 0) is 19.9 Å². The van der Waals surface area contributed by atoms with Crippen LogP contribution in [-0.4, -0.2) is 18.6 Å². The van der Waals surface area contributed by atoms with Crippen molar-refractivity contribution >= 4 is 5.91 Å². The van der Waals surface area contributed by atoms with E-state index in [9.17, 15) is 4.79 Å². The second kappa shape index (κ2) is 6.12. The van der Waals surface area contributed by atoms with E-state index in [0.717, 1.165) is 5.56 Å². The Morgan fingerprint density at radius 1 is 1.50 bits per heavy atom. The molecule has 4 heteroatoms. The van der Waals surface area contributed by atoms with Crippen LogP contribution in [0.1, 0.15) is 19.4 Å². The molecule has 3 N–H and O–H groups in total. The average Bonchev–Trinajstić information content (AvgIpc) is 2.30. The number of benzene rings is 1. The summed E-state index contributed by atoms with van der Waals surface area (Å²) >= 11 is 0. The largest absolute Gasteiger partial charge is 0.481 e. The second-order valence-electron chi connectivity index (χ2n) is 3.47. The summed E-state index contributed by atoms with van der Waals surface area (Å²) in [6.45, 7) is 4.60. The first kappa shape index (κ1) is 12.5. The van der Waals surface area contributed by atoms with Crippen molar-refractivity contribution in [3.05, 3.63) is 29.8 Å². The summed E-state index contributed by atoms with van der Waals surface area (Å²) in [7, 11) is 0. The molecule has 1 rings (SSSR count). The lowest BCUT2D eigenvalue weighted by Crippen LogP contribution is -2.36. The number of nitrogens with one attached hydrogen (secondary N) is 1. The number of para-hydroxylation sites is 1. The highest BCUT2D eigenvalue weighted by Gasteiger charge is 2.14. The average molecular weight is 222 g/mol. The third kappa shape index (κ3) is 3.24. The molecule has 0 spiro atoms. The Morgan fingerprint density at radius 3 is 2.81 bits per heavy atom. The van der Waals surface area contributed by atoms with E-state index in [0.29, 0.717) is 18.8 Å². The van der Waals surface area contributed by atoms with Crippen molar-refractivity contribution in [2.45, 2.75) is 26.5 Å². The number of carbonyl (C=O) groups excluding carboxylic acids is 1. The molecule has 0 bridgehead atoms. The second-order valence-corrected chi connectivity index (χ2v) is 3.47. The first-order valence-corrected chi connectivity index (χ1v) is 5.41. The zero-order valence-corrected chi connectivity index (χ0v) is 9.69. The van der Waals surface area contributed by atoms with Crippen molar-refractivity contribution in [1.29, 1.82) is 0 Å². The van der Waals surface area contributed by atoms with Gasteiger partial charge in [0.05, 0.1) is 0 Å². The summed E-state index contributed by atoms with van der Waals surface area (Å²) in [5.74, 6) is 0.554. The molecular weight excluding hydrogens is 204 g/mol. The third-order valence-electron chi connectivity index (χ3n) is 2.22. The summed E-state index contributed by atoms with van der Waals surface area (Å²) in [6, 6.07) is 7.46. The van der Waals surface area contributed by atoms with E-state index in [2.05, 4.69) is 5.32 Å². The van der Waals surface area contributed by atoms with Crippen LogP contribution in [0.2, 0.25) is 0 Å². The molecule has 0 aromatic heterocycles. The maximum Gasteiger partial charge on any atom is 0.260 e. The van der Waals surface area contributed by atoms with Crippen molar-refractivity contribution in [1.82, 2.24) is 5.32 Å². The van der Waals surface area contributed by atoms with Gasteiger partial charge in [-0.15, -0.1) is 0 Å². The first-order valence-electron chi connectivity index (χ1n) is 5.41. The van der Waals surface area contributed by atoms with E-state index >= 15 is 0 Å². The predicted octanol–water partition coefficient (Wildman–Crippen LogP) is 1.05. The molecule has 0 saturated carbocycles. The van der Waals surface area contributed by atoms with Crippen LogP contribution in [0.5, 0.6) is 5.75 Å². The van der Waals surface area contributed by atoms with Crippen LogP contribution in [0.4, 0.5) is 0 Å². The number of hydrogen-bond donors (Lipinski definition) is 2. The fraction of sp³-hybridized carbons (Fsp3) is 0.417. The van der Waals surface area contributed by atoms with E-state index in [4.69, 9.17) is 10.5 Å². The summed E-state index contributed by atoms with van der Waals surface area (Å²) < 4.78 is 5.56. The molecule has 0 aliphatic carbocycles. The van der Waals surface area contributed by atoms with E-state index < -0.39 is 6.10 Å². The highest BCUT2D eigenvalue weighted by Crippen LogP contribution is 2.18. The molecule has 0 heterocycles. The minimum Gasteiger partial charge on any atom is -0.481 e. The summed E-state index contributed by atoms with van der Waals surface area (Å²) in [5.41, 5.74) is 6.48. The highest BCUT2D eigenvalue weighted by atomic mass is 16.5. The molecule has 88 valence electrons. The first-order chi connectivity index (χ1) is 7.69. The number of nitrogens with two attached hydrogens (primary N) is 1. The fourth-order valence-electron chi connectivity index (χ4n) is 1.35. The monoisotopic (exact) mass is 222 g/mol. The van der Waals surface area contributed by atoms with Gasteiger partial charge >= 0.3 is 0 Å². The van der Waals surface area contributed by atoms with Crippen LogP contribution in [0, 0.1) is 0 Å². The van der Waals surface area contributed by atoms with Gasteiger partial charge in [-0.1, -0.05) is 18.2 Å². The third-order valence-corrected chi connectivity index (χ3v) is 2.22. The smallest absolute Gasteiger partial charge is 0.260 e. The van der Waals surface area contributed by atoms with Crippen molar-refractivity contribution in [2.75, 3.05) is 6.54 Å². The van der Waals surface area contributed by atoms with Gasteiger partial charge in [0.15, 0.2) is 6.10 Å². The Morgan fingerprint density at radius 2 is 2.19 bits per heavy atom. The summed E-state index contributed by atoms with van der Waals surface area (Å²) in [6.07, 6.45) is -0.507. The molecule has 1 amide bonds.